The van der Waals surface area contributed by atoms with Gasteiger partial charge in [-0.1, -0.05) is 30.7 Å². The van der Waals surface area contributed by atoms with Crippen molar-refractivity contribution in [3.63, 3.8) is 0 Å². The third-order valence-electron chi connectivity index (χ3n) is 5.67. The predicted octanol–water partition coefficient (Wildman–Crippen LogP) is 3.56. The second-order valence-electron chi connectivity index (χ2n) is 6.73. The first kappa shape index (κ1) is 14.6. The monoisotopic (exact) mass is 287 g/mol. The molecule has 1 aromatic carbocycles. The van der Waals surface area contributed by atoms with Crippen molar-refractivity contribution in [1.29, 1.82) is 0 Å². The smallest absolute Gasteiger partial charge is 0.309 e. The third kappa shape index (κ3) is 2.48. The van der Waals surface area contributed by atoms with Crippen LogP contribution in [-0.4, -0.2) is 29.1 Å². The van der Waals surface area contributed by atoms with Crippen molar-refractivity contribution in [2.75, 3.05) is 13.1 Å². The Morgan fingerprint density at radius 1 is 1.38 bits per heavy atom. The van der Waals surface area contributed by atoms with Crippen molar-refractivity contribution in [2.24, 2.45) is 5.41 Å². The number of fused-ring (bicyclic) bond motifs is 1. The molecule has 1 atom stereocenters. The number of carboxylic acid groups (broad SMARTS) is 1. The lowest BCUT2D eigenvalue weighted by atomic mass is 9.76. The molecular weight excluding hydrogens is 262 g/mol. The summed E-state index contributed by atoms with van der Waals surface area (Å²) in [6.45, 7) is 5.99. The van der Waals surface area contributed by atoms with Crippen LogP contribution in [0.3, 0.4) is 0 Å². The fourth-order valence-corrected chi connectivity index (χ4v) is 4.06. The number of likely N-dealkylation sites (tertiary alicyclic amines) is 1. The summed E-state index contributed by atoms with van der Waals surface area (Å²) in [5.74, 6) is -0.604. The van der Waals surface area contributed by atoms with Gasteiger partial charge in [0.2, 0.25) is 0 Å². The highest BCUT2D eigenvalue weighted by molar-refractivity contribution is 5.74. The molecule has 0 saturated carbocycles. The number of aryl methyl sites for hydroxylation is 2. The molecule has 2 aliphatic rings. The Balaban J connectivity index is 1.75. The molecule has 0 amide bonds. The van der Waals surface area contributed by atoms with E-state index in [4.69, 9.17) is 0 Å². The van der Waals surface area contributed by atoms with E-state index in [1.54, 1.807) is 0 Å². The maximum absolute atomic E-state index is 11.6. The number of carbonyl (C=O) groups is 1. The van der Waals surface area contributed by atoms with Crippen molar-refractivity contribution in [1.82, 2.24) is 4.90 Å². The Morgan fingerprint density at radius 3 is 2.71 bits per heavy atom. The largest absolute Gasteiger partial charge is 0.481 e. The molecule has 1 fully saturated rings. The fourth-order valence-electron chi connectivity index (χ4n) is 4.06. The highest BCUT2D eigenvalue weighted by Crippen LogP contribution is 2.42. The topological polar surface area (TPSA) is 40.5 Å². The van der Waals surface area contributed by atoms with Crippen LogP contribution in [0.1, 0.15) is 55.3 Å². The summed E-state index contributed by atoms with van der Waals surface area (Å²) in [7, 11) is 0. The molecule has 3 heteroatoms. The number of hydrogen-bond donors (Lipinski definition) is 1. The van der Waals surface area contributed by atoms with Gasteiger partial charge in [0.25, 0.3) is 0 Å². The first-order chi connectivity index (χ1) is 10.1. The van der Waals surface area contributed by atoms with Gasteiger partial charge >= 0.3 is 5.97 Å². The number of nitrogens with zero attached hydrogens (tertiary/aromatic N) is 1. The van der Waals surface area contributed by atoms with Crippen LogP contribution in [0.15, 0.2) is 18.2 Å². The number of carboxylic acids is 1. The van der Waals surface area contributed by atoms with Crippen molar-refractivity contribution < 1.29 is 9.90 Å². The van der Waals surface area contributed by atoms with Gasteiger partial charge in [0.05, 0.1) is 5.41 Å². The van der Waals surface area contributed by atoms with Gasteiger partial charge in [0.1, 0.15) is 0 Å². The maximum Gasteiger partial charge on any atom is 0.309 e. The van der Waals surface area contributed by atoms with Crippen molar-refractivity contribution >= 4 is 5.97 Å². The quantitative estimate of drug-likeness (QED) is 0.924. The van der Waals surface area contributed by atoms with Crippen LogP contribution in [0, 0.1) is 12.3 Å². The molecule has 0 spiro atoms. The number of piperidine rings is 1. The third-order valence-corrected chi connectivity index (χ3v) is 5.67. The minimum absolute atomic E-state index is 0.482. The fraction of sp³-hybridized carbons (Fsp3) is 0.611. The zero-order valence-corrected chi connectivity index (χ0v) is 13.1. The van der Waals surface area contributed by atoms with E-state index in [-0.39, 0.29) is 0 Å². The number of rotatable bonds is 3. The van der Waals surface area contributed by atoms with E-state index < -0.39 is 11.4 Å². The second kappa shape index (κ2) is 5.45. The molecule has 1 N–H and O–H groups in total. The zero-order chi connectivity index (χ0) is 15.0. The van der Waals surface area contributed by atoms with Crippen LogP contribution < -0.4 is 0 Å². The van der Waals surface area contributed by atoms with Gasteiger partial charge in [0, 0.05) is 6.04 Å². The summed E-state index contributed by atoms with van der Waals surface area (Å²) in [6, 6.07) is 7.29. The molecule has 114 valence electrons. The lowest BCUT2D eigenvalue weighted by Gasteiger charge is -2.41. The lowest BCUT2D eigenvalue weighted by Crippen LogP contribution is -2.45. The van der Waals surface area contributed by atoms with Crippen LogP contribution >= 0.6 is 0 Å². The highest BCUT2D eigenvalue weighted by Gasteiger charge is 2.42. The first-order valence-electron chi connectivity index (χ1n) is 8.12. The number of hydrogen-bond acceptors (Lipinski definition) is 2. The van der Waals surface area contributed by atoms with Gasteiger partial charge in [-0.05, 0) is 63.2 Å². The van der Waals surface area contributed by atoms with Crippen LogP contribution in [0.5, 0.6) is 0 Å². The number of benzene rings is 1. The van der Waals surface area contributed by atoms with Crippen LogP contribution in [0.4, 0.5) is 0 Å². The molecule has 0 radical (unpaired) electrons. The van der Waals surface area contributed by atoms with Gasteiger partial charge in [-0.15, -0.1) is 0 Å². The molecule has 0 bridgehead atoms. The Bertz CT molecular complexity index is 544. The van der Waals surface area contributed by atoms with Crippen molar-refractivity contribution in [3.05, 3.63) is 34.9 Å². The molecule has 1 saturated heterocycles. The number of aliphatic carboxylic acids is 1. The second-order valence-corrected chi connectivity index (χ2v) is 6.73. The minimum atomic E-state index is -0.604. The van der Waals surface area contributed by atoms with Gasteiger partial charge < -0.3 is 5.11 Å². The maximum atomic E-state index is 11.6. The van der Waals surface area contributed by atoms with Gasteiger partial charge in [-0.3, -0.25) is 9.69 Å². The first-order valence-corrected chi connectivity index (χ1v) is 8.12. The molecule has 3 rings (SSSR count). The van der Waals surface area contributed by atoms with E-state index >= 15 is 0 Å². The molecule has 21 heavy (non-hydrogen) atoms. The Labute approximate surface area is 127 Å². The molecular formula is C18H25NO2. The summed E-state index contributed by atoms with van der Waals surface area (Å²) in [6.07, 6.45) is 4.67. The molecule has 1 aliphatic heterocycles. The van der Waals surface area contributed by atoms with E-state index in [0.717, 1.165) is 38.8 Å². The normalized spacial score (nSPS) is 24.8. The standard InChI is InChI=1S/C18H25NO2/c1-3-18(17(20)21)8-10-19(11-9-18)16-7-6-14-5-4-13(2)12-15(14)16/h4-5,12,16H,3,6-11H2,1-2H3,(H,20,21). The Hall–Kier alpha value is -1.35. The van der Waals surface area contributed by atoms with E-state index in [2.05, 4.69) is 30.0 Å². The summed E-state index contributed by atoms with van der Waals surface area (Å²) in [4.78, 5) is 14.1. The van der Waals surface area contributed by atoms with Crippen molar-refractivity contribution in [3.8, 4) is 0 Å². The average molecular weight is 287 g/mol. The van der Waals surface area contributed by atoms with Crippen LogP contribution in [0.25, 0.3) is 0 Å². The average Bonchev–Trinajstić information content (AvgIpc) is 2.90. The van der Waals surface area contributed by atoms with E-state index in [1.165, 1.54) is 23.1 Å². The van der Waals surface area contributed by atoms with Crippen molar-refractivity contribution in [2.45, 2.75) is 52.0 Å². The summed E-state index contributed by atoms with van der Waals surface area (Å²) >= 11 is 0. The summed E-state index contributed by atoms with van der Waals surface area (Å²) < 4.78 is 0. The zero-order valence-electron chi connectivity index (χ0n) is 13.1. The molecule has 1 heterocycles. The SMILES string of the molecule is CCC1(C(=O)O)CCN(C2CCc3ccc(C)cc32)CC1. The Kier molecular flexibility index (Phi) is 3.78. The highest BCUT2D eigenvalue weighted by atomic mass is 16.4. The van der Waals surface area contributed by atoms with E-state index in [9.17, 15) is 9.90 Å². The van der Waals surface area contributed by atoms with Gasteiger partial charge in [-0.2, -0.15) is 0 Å². The summed E-state index contributed by atoms with van der Waals surface area (Å²) in [5.41, 5.74) is 3.81. The molecule has 1 aliphatic carbocycles. The minimum Gasteiger partial charge on any atom is -0.481 e. The molecule has 1 aromatic rings. The molecule has 3 nitrogen and oxygen atoms in total. The predicted molar refractivity (Wildman–Crippen MR) is 83.4 cm³/mol. The summed E-state index contributed by atoms with van der Waals surface area (Å²) in [5, 5.41) is 9.52. The van der Waals surface area contributed by atoms with E-state index in [1.807, 2.05) is 6.92 Å². The van der Waals surface area contributed by atoms with Crippen LogP contribution in [-0.2, 0) is 11.2 Å². The lowest BCUT2D eigenvalue weighted by molar-refractivity contribution is -0.152. The molecule has 1 unspecified atom stereocenters. The van der Waals surface area contributed by atoms with Gasteiger partial charge in [-0.25, -0.2) is 0 Å². The van der Waals surface area contributed by atoms with Gasteiger partial charge in [0.15, 0.2) is 0 Å². The van der Waals surface area contributed by atoms with Crippen LogP contribution in [0.2, 0.25) is 0 Å². The Morgan fingerprint density at radius 2 is 2.10 bits per heavy atom. The molecule has 0 aromatic heterocycles. The van der Waals surface area contributed by atoms with E-state index in [0.29, 0.717) is 6.04 Å².